The number of aliphatic hydroxyl groups is 2. The predicted octanol–water partition coefficient (Wildman–Crippen LogP) is 1.08. The molecule has 12 heavy (non-hydrogen) atoms. The Kier molecular flexibility index (Phi) is 2.23. The van der Waals surface area contributed by atoms with E-state index in [9.17, 15) is 8.78 Å². The summed E-state index contributed by atoms with van der Waals surface area (Å²) in [5.74, 6) is -3.19. The zero-order valence-electron chi connectivity index (χ0n) is 7.01. The monoisotopic (exact) mass is 178 g/mol. The second-order valence-electron chi connectivity index (χ2n) is 3.29. The quantitative estimate of drug-likeness (QED) is 0.545. The maximum absolute atomic E-state index is 12.8. The van der Waals surface area contributed by atoms with Crippen molar-refractivity contribution in [3.8, 4) is 0 Å². The summed E-state index contributed by atoms with van der Waals surface area (Å²) in [5.41, 5.74) is 0.909. The highest BCUT2D eigenvalue weighted by atomic mass is 19.3. The molecule has 2 atom stereocenters. The van der Waals surface area contributed by atoms with Crippen molar-refractivity contribution in [3.05, 3.63) is 11.1 Å². The minimum Gasteiger partial charge on any atom is -0.386 e. The molecule has 0 radical (unpaired) electrons. The molecular weight excluding hydrogens is 166 g/mol. The van der Waals surface area contributed by atoms with Crippen LogP contribution in [0.4, 0.5) is 8.78 Å². The lowest BCUT2D eigenvalue weighted by Gasteiger charge is -2.33. The van der Waals surface area contributed by atoms with Gasteiger partial charge in [0.05, 0.1) is 0 Å². The normalized spacial score (nSPS) is 35.5. The zero-order chi connectivity index (χ0) is 9.52. The Balaban J connectivity index is 2.99. The van der Waals surface area contributed by atoms with Crippen LogP contribution in [0.1, 0.15) is 20.3 Å². The van der Waals surface area contributed by atoms with Crippen LogP contribution in [-0.4, -0.2) is 28.3 Å². The van der Waals surface area contributed by atoms with Gasteiger partial charge in [0.2, 0.25) is 0 Å². The van der Waals surface area contributed by atoms with E-state index in [4.69, 9.17) is 10.2 Å². The molecular formula is C8H12F2O2. The average Bonchev–Trinajstić information content (AvgIpc) is 1.97. The third-order valence-electron chi connectivity index (χ3n) is 2.35. The lowest BCUT2D eigenvalue weighted by atomic mass is 9.86. The average molecular weight is 178 g/mol. The Morgan fingerprint density at radius 3 is 2.33 bits per heavy atom. The molecule has 70 valence electrons. The summed E-state index contributed by atoms with van der Waals surface area (Å²) < 4.78 is 25.7. The molecule has 0 bridgehead atoms. The van der Waals surface area contributed by atoms with E-state index in [1.807, 2.05) is 0 Å². The second-order valence-corrected chi connectivity index (χ2v) is 3.29. The molecule has 1 rings (SSSR count). The molecule has 2 nitrogen and oxygen atoms in total. The first-order valence-corrected chi connectivity index (χ1v) is 3.76. The SMILES string of the molecule is CC1=C(C)C(O)C(O)C(F)(F)C1. The van der Waals surface area contributed by atoms with Crippen molar-refractivity contribution in [2.75, 3.05) is 0 Å². The van der Waals surface area contributed by atoms with Gasteiger partial charge in [-0.05, 0) is 19.4 Å². The Hall–Kier alpha value is -0.480. The molecule has 2 N–H and O–H groups in total. The van der Waals surface area contributed by atoms with Gasteiger partial charge in [-0.1, -0.05) is 5.57 Å². The van der Waals surface area contributed by atoms with Crippen LogP contribution in [0.25, 0.3) is 0 Å². The first-order chi connectivity index (χ1) is 5.36. The van der Waals surface area contributed by atoms with Gasteiger partial charge in [0, 0.05) is 6.42 Å². The van der Waals surface area contributed by atoms with E-state index in [-0.39, 0.29) is 0 Å². The van der Waals surface area contributed by atoms with E-state index in [1.165, 1.54) is 0 Å². The van der Waals surface area contributed by atoms with Gasteiger partial charge in [0.15, 0.2) is 0 Å². The van der Waals surface area contributed by atoms with Crippen LogP contribution >= 0.6 is 0 Å². The maximum Gasteiger partial charge on any atom is 0.279 e. The smallest absolute Gasteiger partial charge is 0.279 e. The third kappa shape index (κ3) is 1.36. The molecule has 0 aromatic carbocycles. The van der Waals surface area contributed by atoms with Crippen molar-refractivity contribution in [1.29, 1.82) is 0 Å². The van der Waals surface area contributed by atoms with E-state index in [0.29, 0.717) is 11.1 Å². The van der Waals surface area contributed by atoms with Crippen molar-refractivity contribution in [2.24, 2.45) is 0 Å². The van der Waals surface area contributed by atoms with Crippen molar-refractivity contribution < 1.29 is 19.0 Å². The Labute approximate surface area is 69.5 Å². The minimum absolute atomic E-state index is 0.452. The molecule has 0 saturated heterocycles. The molecule has 0 saturated carbocycles. The van der Waals surface area contributed by atoms with Crippen LogP contribution in [-0.2, 0) is 0 Å². The Morgan fingerprint density at radius 1 is 1.33 bits per heavy atom. The molecule has 0 spiro atoms. The van der Waals surface area contributed by atoms with Crippen molar-refractivity contribution in [2.45, 2.75) is 38.4 Å². The molecule has 4 heteroatoms. The molecule has 1 aliphatic carbocycles. The van der Waals surface area contributed by atoms with Gasteiger partial charge < -0.3 is 10.2 Å². The number of alkyl halides is 2. The fourth-order valence-electron chi connectivity index (χ4n) is 1.32. The molecule has 0 amide bonds. The Bertz CT molecular complexity index is 223. The van der Waals surface area contributed by atoms with Crippen LogP contribution in [0.2, 0.25) is 0 Å². The van der Waals surface area contributed by atoms with Crippen LogP contribution < -0.4 is 0 Å². The fourth-order valence-corrected chi connectivity index (χ4v) is 1.32. The lowest BCUT2D eigenvalue weighted by molar-refractivity contribution is -0.149. The molecule has 0 aliphatic heterocycles. The lowest BCUT2D eigenvalue weighted by Crippen LogP contribution is -2.46. The minimum atomic E-state index is -3.19. The third-order valence-corrected chi connectivity index (χ3v) is 2.35. The van der Waals surface area contributed by atoms with E-state index >= 15 is 0 Å². The van der Waals surface area contributed by atoms with Crippen LogP contribution in [0, 0.1) is 0 Å². The summed E-state index contributed by atoms with van der Waals surface area (Å²) >= 11 is 0. The summed E-state index contributed by atoms with van der Waals surface area (Å²) in [6.45, 7) is 3.09. The first kappa shape index (κ1) is 9.61. The van der Waals surface area contributed by atoms with Crippen LogP contribution in [0.15, 0.2) is 11.1 Å². The molecule has 1 aliphatic rings. The van der Waals surface area contributed by atoms with Gasteiger partial charge in [-0.2, -0.15) is 0 Å². The van der Waals surface area contributed by atoms with Crippen LogP contribution in [0.5, 0.6) is 0 Å². The molecule has 0 heterocycles. The molecule has 0 aromatic heterocycles. The number of hydrogen-bond acceptors (Lipinski definition) is 2. The summed E-state index contributed by atoms with van der Waals surface area (Å²) in [5, 5.41) is 18.1. The van der Waals surface area contributed by atoms with E-state index in [1.54, 1.807) is 13.8 Å². The van der Waals surface area contributed by atoms with E-state index < -0.39 is 24.6 Å². The fraction of sp³-hybridized carbons (Fsp3) is 0.750. The van der Waals surface area contributed by atoms with Gasteiger partial charge in [0.1, 0.15) is 12.2 Å². The molecule has 2 unspecified atom stereocenters. The Morgan fingerprint density at radius 2 is 1.83 bits per heavy atom. The molecule has 0 aromatic rings. The van der Waals surface area contributed by atoms with E-state index in [0.717, 1.165) is 0 Å². The van der Waals surface area contributed by atoms with Gasteiger partial charge in [-0.15, -0.1) is 0 Å². The first-order valence-electron chi connectivity index (χ1n) is 3.76. The highest BCUT2D eigenvalue weighted by Crippen LogP contribution is 2.36. The number of allylic oxidation sites excluding steroid dienone is 1. The van der Waals surface area contributed by atoms with E-state index in [2.05, 4.69) is 0 Å². The number of aliphatic hydroxyl groups excluding tert-OH is 2. The maximum atomic E-state index is 12.8. The van der Waals surface area contributed by atoms with Crippen LogP contribution in [0.3, 0.4) is 0 Å². The van der Waals surface area contributed by atoms with Gasteiger partial charge in [-0.3, -0.25) is 0 Å². The standard InChI is InChI=1S/C8H12F2O2/c1-4-3-8(9,10)7(12)6(11)5(4)2/h6-7,11-12H,3H2,1-2H3. The summed E-state index contributed by atoms with van der Waals surface area (Å²) in [4.78, 5) is 0. The van der Waals surface area contributed by atoms with Gasteiger partial charge >= 0.3 is 0 Å². The highest BCUT2D eigenvalue weighted by molar-refractivity contribution is 5.23. The number of hydrogen-bond donors (Lipinski definition) is 2. The zero-order valence-corrected chi connectivity index (χ0v) is 7.01. The summed E-state index contributed by atoms with van der Waals surface area (Å²) in [6, 6.07) is 0. The summed E-state index contributed by atoms with van der Waals surface area (Å²) in [7, 11) is 0. The van der Waals surface area contributed by atoms with Crippen molar-refractivity contribution in [1.82, 2.24) is 0 Å². The number of rotatable bonds is 0. The van der Waals surface area contributed by atoms with Crippen molar-refractivity contribution in [3.63, 3.8) is 0 Å². The topological polar surface area (TPSA) is 40.5 Å². The van der Waals surface area contributed by atoms with Crippen molar-refractivity contribution >= 4 is 0 Å². The summed E-state index contributed by atoms with van der Waals surface area (Å²) in [6.07, 6.45) is -3.84. The predicted molar refractivity (Wildman–Crippen MR) is 40.0 cm³/mol. The van der Waals surface area contributed by atoms with Gasteiger partial charge in [-0.25, -0.2) is 8.78 Å². The number of halogens is 2. The van der Waals surface area contributed by atoms with Gasteiger partial charge in [0.25, 0.3) is 5.92 Å². The molecule has 0 fully saturated rings. The highest BCUT2D eigenvalue weighted by Gasteiger charge is 2.46. The largest absolute Gasteiger partial charge is 0.386 e. The second kappa shape index (κ2) is 2.78.